The van der Waals surface area contributed by atoms with E-state index >= 15 is 0 Å². The van der Waals surface area contributed by atoms with Crippen molar-refractivity contribution < 1.29 is 33.8 Å². The number of carbonyl (C=O) groups excluding carboxylic acids is 4. The highest BCUT2D eigenvalue weighted by atomic mass is 16.5. The summed E-state index contributed by atoms with van der Waals surface area (Å²) in [6.07, 6.45) is 0. The van der Waals surface area contributed by atoms with Crippen LogP contribution in [-0.4, -0.2) is 82.8 Å². The van der Waals surface area contributed by atoms with Gasteiger partial charge in [0.25, 0.3) is 11.8 Å². The van der Waals surface area contributed by atoms with E-state index in [0.29, 0.717) is 5.56 Å². The van der Waals surface area contributed by atoms with E-state index in [1.807, 2.05) is 0 Å². The number of amides is 3. The summed E-state index contributed by atoms with van der Waals surface area (Å²) < 4.78 is 5.17. The van der Waals surface area contributed by atoms with Crippen molar-refractivity contribution in [3.63, 3.8) is 0 Å². The largest absolute Gasteiger partial charge is 0.480 e. The van der Waals surface area contributed by atoms with Crippen molar-refractivity contribution in [2.45, 2.75) is 12.6 Å². The van der Waals surface area contributed by atoms with Crippen LogP contribution in [0.25, 0.3) is 0 Å². The highest BCUT2D eigenvalue weighted by molar-refractivity contribution is 6.00. The van der Waals surface area contributed by atoms with Crippen LogP contribution in [0.4, 0.5) is 0 Å². The van der Waals surface area contributed by atoms with Crippen molar-refractivity contribution in [1.29, 1.82) is 5.41 Å². The summed E-state index contributed by atoms with van der Waals surface area (Å²) in [5.74, 6) is -2.21. The topological polar surface area (TPSA) is 183 Å². The summed E-state index contributed by atoms with van der Waals surface area (Å²) in [4.78, 5) is 61.9. The van der Waals surface area contributed by atoms with Crippen molar-refractivity contribution in [3.05, 3.63) is 41.1 Å². The molecular weight excluding hydrogens is 410 g/mol. The first-order chi connectivity index (χ1) is 14.5. The Bertz CT molecular complexity index is 984. The monoisotopic (exact) mass is 431 g/mol. The standard InChI is InChI=1S/C19H21N5O7/c1-19(31-2)18(30)23(9-15(27)28)8-13(10-25)24(19)14(26)7-22-17(29)12-5-3-11(4-6-12)16(20)21/h3-6H,7-9H2,1-2H3,(H3,20,21)(H,22,29)(H,27,28)/t19-/m0/s1. The average Bonchev–Trinajstić information content (AvgIpc) is 2.74. The van der Waals surface area contributed by atoms with E-state index in [1.54, 1.807) is 5.94 Å². The molecule has 31 heavy (non-hydrogen) atoms. The van der Waals surface area contributed by atoms with Gasteiger partial charge in [0.2, 0.25) is 11.6 Å². The maximum atomic E-state index is 12.8. The van der Waals surface area contributed by atoms with Gasteiger partial charge in [-0.05, 0) is 19.1 Å². The molecule has 1 aromatic rings. The molecule has 1 aliphatic heterocycles. The Balaban J connectivity index is 2.19. The molecule has 0 aliphatic carbocycles. The summed E-state index contributed by atoms with van der Waals surface area (Å²) in [6.45, 7) is -0.526. The van der Waals surface area contributed by atoms with E-state index < -0.39 is 49.1 Å². The van der Waals surface area contributed by atoms with E-state index in [4.69, 9.17) is 21.0 Å². The summed E-state index contributed by atoms with van der Waals surface area (Å²) in [5.41, 5.74) is 3.67. The molecule has 3 amide bonds. The summed E-state index contributed by atoms with van der Waals surface area (Å²) >= 11 is 0. The molecule has 12 heteroatoms. The molecule has 12 nitrogen and oxygen atoms in total. The van der Waals surface area contributed by atoms with Crippen molar-refractivity contribution in [2.24, 2.45) is 5.73 Å². The summed E-state index contributed by atoms with van der Waals surface area (Å²) in [5, 5.41) is 18.7. The molecule has 5 N–H and O–H groups in total. The molecule has 0 bridgehead atoms. The van der Waals surface area contributed by atoms with E-state index in [-0.39, 0.29) is 17.1 Å². The Labute approximate surface area is 176 Å². The third-order valence-corrected chi connectivity index (χ3v) is 4.67. The molecule has 0 unspecified atom stereocenters. The first kappa shape index (κ1) is 23.3. The van der Waals surface area contributed by atoms with Gasteiger partial charge in [-0.15, -0.1) is 0 Å². The predicted molar refractivity (Wildman–Crippen MR) is 105 cm³/mol. The predicted octanol–water partition coefficient (Wildman–Crippen LogP) is -1.47. The zero-order chi connectivity index (χ0) is 23.3. The Morgan fingerprint density at radius 3 is 2.35 bits per heavy atom. The molecule has 2 rings (SSSR count). The average molecular weight is 431 g/mol. The van der Waals surface area contributed by atoms with Gasteiger partial charge < -0.3 is 25.8 Å². The molecule has 1 aromatic carbocycles. The number of nitrogen functional groups attached to an aromatic ring is 1. The fourth-order valence-electron chi connectivity index (χ4n) is 3.04. The van der Waals surface area contributed by atoms with Crippen LogP contribution in [0.5, 0.6) is 0 Å². The maximum absolute atomic E-state index is 12.8. The molecule has 1 heterocycles. The smallest absolute Gasteiger partial charge is 0.323 e. The fraction of sp³-hybridized carbons (Fsp3) is 0.316. The number of nitrogens with zero attached hydrogens (tertiary/aromatic N) is 2. The third-order valence-electron chi connectivity index (χ3n) is 4.67. The van der Waals surface area contributed by atoms with E-state index in [0.717, 1.165) is 16.9 Å². The number of benzene rings is 1. The SMILES string of the molecule is CO[C@@]1(C)C(=O)N(CC(=O)O)CC(=C=O)N1C(=O)CNC(=O)c1ccc(C(=N)N)cc1. The Morgan fingerprint density at radius 2 is 1.87 bits per heavy atom. The molecule has 1 saturated heterocycles. The number of piperazine rings is 1. The van der Waals surface area contributed by atoms with Gasteiger partial charge >= 0.3 is 5.97 Å². The number of carbonyl (C=O) groups is 4. The van der Waals surface area contributed by atoms with Crippen LogP contribution in [0.3, 0.4) is 0 Å². The number of ether oxygens (including phenoxy) is 1. The molecule has 1 atom stereocenters. The summed E-state index contributed by atoms with van der Waals surface area (Å²) in [6, 6.07) is 5.77. The number of carboxylic acids is 1. The van der Waals surface area contributed by atoms with Gasteiger partial charge in [0, 0.05) is 18.2 Å². The normalized spacial score (nSPS) is 18.4. The minimum Gasteiger partial charge on any atom is -0.480 e. The first-order valence-corrected chi connectivity index (χ1v) is 8.91. The molecule has 0 spiro atoms. The zero-order valence-corrected chi connectivity index (χ0v) is 16.8. The van der Waals surface area contributed by atoms with Crippen LogP contribution in [0.2, 0.25) is 0 Å². The number of carboxylic acid groups (broad SMARTS) is 1. The number of hydrogen-bond acceptors (Lipinski definition) is 7. The molecule has 0 saturated carbocycles. The lowest BCUT2D eigenvalue weighted by molar-refractivity contribution is -0.188. The summed E-state index contributed by atoms with van der Waals surface area (Å²) in [7, 11) is 1.13. The van der Waals surface area contributed by atoms with Gasteiger partial charge in [-0.3, -0.25) is 29.5 Å². The van der Waals surface area contributed by atoms with Gasteiger partial charge in [-0.25, -0.2) is 4.79 Å². The third kappa shape index (κ3) is 4.77. The lowest BCUT2D eigenvalue weighted by atomic mass is 10.1. The highest BCUT2D eigenvalue weighted by Crippen LogP contribution is 2.29. The van der Waals surface area contributed by atoms with Crippen LogP contribution in [0.15, 0.2) is 30.0 Å². The van der Waals surface area contributed by atoms with Gasteiger partial charge in [-0.1, -0.05) is 12.1 Å². The number of methoxy groups -OCH3 is 1. The number of amidine groups is 1. The molecule has 1 fully saturated rings. The van der Waals surface area contributed by atoms with Crippen LogP contribution in [0, 0.1) is 5.41 Å². The van der Waals surface area contributed by atoms with Crippen LogP contribution >= 0.6 is 0 Å². The number of nitrogens with one attached hydrogen (secondary N) is 2. The van der Waals surface area contributed by atoms with Crippen LogP contribution < -0.4 is 11.1 Å². The number of rotatable bonds is 7. The van der Waals surface area contributed by atoms with E-state index in [1.165, 1.54) is 31.2 Å². The molecular formula is C19H21N5O7. The second kappa shape index (κ2) is 9.20. The number of hydrogen-bond donors (Lipinski definition) is 4. The van der Waals surface area contributed by atoms with Gasteiger partial charge in [0.05, 0.1) is 13.1 Å². The van der Waals surface area contributed by atoms with Crippen molar-refractivity contribution >= 4 is 35.5 Å². The van der Waals surface area contributed by atoms with E-state index in [9.17, 15) is 24.0 Å². The van der Waals surface area contributed by atoms with Gasteiger partial charge in [0.1, 0.15) is 24.0 Å². The maximum Gasteiger partial charge on any atom is 0.323 e. The van der Waals surface area contributed by atoms with Crippen LogP contribution in [-0.2, 0) is 23.9 Å². The Kier molecular flexibility index (Phi) is 6.90. The molecule has 1 aliphatic rings. The van der Waals surface area contributed by atoms with Gasteiger partial charge in [-0.2, -0.15) is 0 Å². The lowest BCUT2D eigenvalue weighted by Crippen LogP contribution is -2.67. The fourth-order valence-corrected chi connectivity index (χ4v) is 3.04. The molecule has 0 radical (unpaired) electrons. The van der Waals surface area contributed by atoms with Crippen molar-refractivity contribution in [1.82, 2.24) is 15.1 Å². The Morgan fingerprint density at radius 1 is 1.29 bits per heavy atom. The van der Waals surface area contributed by atoms with Crippen molar-refractivity contribution in [2.75, 3.05) is 26.7 Å². The van der Waals surface area contributed by atoms with Gasteiger partial charge in [0.15, 0.2) is 0 Å². The molecule has 0 aromatic heterocycles. The second-order valence-electron chi connectivity index (χ2n) is 6.69. The lowest BCUT2D eigenvalue weighted by Gasteiger charge is -2.45. The number of nitrogens with two attached hydrogens (primary N) is 1. The minimum atomic E-state index is -1.99. The van der Waals surface area contributed by atoms with Crippen molar-refractivity contribution in [3.8, 4) is 0 Å². The second-order valence-corrected chi connectivity index (χ2v) is 6.69. The Hall–Kier alpha value is -4.02. The number of aliphatic carboxylic acids is 1. The minimum absolute atomic E-state index is 0.166. The highest BCUT2D eigenvalue weighted by Gasteiger charge is 2.51. The molecule has 164 valence electrons. The first-order valence-electron chi connectivity index (χ1n) is 8.91. The zero-order valence-electron chi connectivity index (χ0n) is 16.8. The van der Waals surface area contributed by atoms with E-state index in [2.05, 4.69) is 5.32 Å². The van der Waals surface area contributed by atoms with Crippen LogP contribution in [0.1, 0.15) is 22.8 Å². The quantitative estimate of drug-likeness (QED) is 0.229.